The molecule has 4 aromatic rings. The highest BCUT2D eigenvalue weighted by Crippen LogP contribution is 2.39. The number of hydrogen-bond acceptors (Lipinski definition) is 5. The first kappa shape index (κ1) is 25.1. The van der Waals surface area contributed by atoms with Crippen LogP contribution in [0.4, 0.5) is 5.69 Å². The molecule has 9 heteroatoms. The quantitative estimate of drug-likeness (QED) is 0.276. The molecular weight excluding hydrogens is 494 g/mol. The zero-order chi connectivity index (χ0) is 27.1. The average molecular weight is 526 g/mol. The van der Waals surface area contributed by atoms with Gasteiger partial charge in [-0.25, -0.2) is 0 Å². The lowest BCUT2D eigenvalue weighted by Gasteiger charge is -2.28. The van der Waals surface area contributed by atoms with E-state index in [0.717, 1.165) is 42.4 Å². The molecule has 9 nitrogen and oxygen atoms in total. The Kier molecular flexibility index (Phi) is 6.54. The third-order valence-corrected chi connectivity index (χ3v) is 7.59. The lowest BCUT2D eigenvalue weighted by atomic mass is 9.95. The monoisotopic (exact) mass is 525 g/mol. The molecule has 1 unspecified atom stereocenters. The summed E-state index contributed by atoms with van der Waals surface area (Å²) >= 11 is 0. The van der Waals surface area contributed by atoms with Crippen LogP contribution in [0, 0.1) is 0 Å². The van der Waals surface area contributed by atoms with E-state index in [1.807, 2.05) is 47.2 Å². The number of para-hydroxylation sites is 1. The van der Waals surface area contributed by atoms with Gasteiger partial charge < -0.3 is 24.9 Å². The molecule has 2 aliphatic rings. The lowest BCUT2D eigenvalue weighted by Crippen LogP contribution is -2.37. The lowest BCUT2D eigenvalue weighted by molar-refractivity contribution is -0.123. The van der Waals surface area contributed by atoms with E-state index < -0.39 is 17.9 Å². The number of aromatic nitrogens is 2. The fourth-order valence-corrected chi connectivity index (χ4v) is 5.90. The Labute approximate surface area is 225 Å². The van der Waals surface area contributed by atoms with E-state index in [0.29, 0.717) is 40.9 Å². The van der Waals surface area contributed by atoms with Gasteiger partial charge in [0, 0.05) is 71.0 Å². The number of aliphatic hydroxyl groups is 1. The Morgan fingerprint density at radius 2 is 1.72 bits per heavy atom. The van der Waals surface area contributed by atoms with Crippen LogP contribution in [0.1, 0.15) is 37.3 Å². The number of fused-ring (bicyclic) bond motifs is 2. The van der Waals surface area contributed by atoms with Crippen LogP contribution in [0.3, 0.4) is 0 Å². The van der Waals surface area contributed by atoms with Crippen LogP contribution in [-0.2, 0) is 20.9 Å². The second-order valence-corrected chi connectivity index (χ2v) is 10.4. The van der Waals surface area contributed by atoms with Crippen LogP contribution in [0.2, 0.25) is 0 Å². The molecule has 39 heavy (non-hydrogen) atoms. The largest absolute Gasteiger partial charge is 0.390 e. The zero-order valence-electron chi connectivity index (χ0n) is 21.8. The first-order valence-corrected chi connectivity index (χ1v) is 13.4. The Morgan fingerprint density at radius 1 is 0.974 bits per heavy atom. The Morgan fingerprint density at radius 3 is 2.49 bits per heavy atom. The van der Waals surface area contributed by atoms with Gasteiger partial charge in [0.1, 0.15) is 0 Å². The summed E-state index contributed by atoms with van der Waals surface area (Å²) in [5, 5.41) is 17.9. The van der Waals surface area contributed by atoms with Gasteiger partial charge in [-0.15, -0.1) is 0 Å². The first-order chi connectivity index (χ1) is 18.9. The van der Waals surface area contributed by atoms with Crippen LogP contribution in [0.5, 0.6) is 0 Å². The number of nitrogens with one attached hydrogen (secondary N) is 3. The summed E-state index contributed by atoms with van der Waals surface area (Å²) in [6.45, 7) is 4.31. The summed E-state index contributed by atoms with van der Waals surface area (Å²) in [5.74, 6) is -1.14. The molecule has 4 heterocycles. The Balaban J connectivity index is 1.48. The smallest absolute Gasteiger partial charge is 0.259 e. The first-order valence-electron chi connectivity index (χ1n) is 13.4. The number of piperidine rings is 1. The third kappa shape index (κ3) is 4.75. The SMILES string of the molecule is CC(=O)Nc1ccc2c(c1)c(C1=C(c3c[nH]c4ccccc34)C(=O)NC1=O)cn2CC(O)CN1CCCCC1. The van der Waals surface area contributed by atoms with Gasteiger partial charge in [-0.3, -0.25) is 19.7 Å². The van der Waals surface area contributed by atoms with Crippen molar-refractivity contribution in [2.24, 2.45) is 0 Å². The molecule has 1 atom stereocenters. The third-order valence-electron chi connectivity index (χ3n) is 7.59. The van der Waals surface area contributed by atoms with Gasteiger partial charge in [0.05, 0.1) is 17.3 Å². The minimum Gasteiger partial charge on any atom is -0.390 e. The number of likely N-dealkylation sites (tertiary alicyclic amines) is 1. The summed E-state index contributed by atoms with van der Waals surface area (Å²) < 4.78 is 1.94. The molecule has 4 N–H and O–H groups in total. The molecule has 0 aliphatic carbocycles. The van der Waals surface area contributed by atoms with E-state index in [9.17, 15) is 19.5 Å². The van der Waals surface area contributed by atoms with E-state index in [-0.39, 0.29) is 11.5 Å². The minimum absolute atomic E-state index is 0.209. The predicted octanol–water partition coefficient (Wildman–Crippen LogP) is 3.50. The maximum absolute atomic E-state index is 13.3. The number of carbonyl (C=O) groups is 3. The van der Waals surface area contributed by atoms with Crippen molar-refractivity contribution >= 4 is 56.4 Å². The number of hydrogen-bond donors (Lipinski definition) is 4. The zero-order valence-corrected chi connectivity index (χ0v) is 21.8. The molecular formula is C30H31N5O4. The number of imide groups is 1. The van der Waals surface area contributed by atoms with E-state index in [1.165, 1.54) is 13.3 Å². The molecule has 0 saturated carbocycles. The van der Waals surface area contributed by atoms with Crippen molar-refractivity contribution < 1.29 is 19.5 Å². The van der Waals surface area contributed by atoms with Crippen molar-refractivity contribution in [2.45, 2.75) is 38.8 Å². The average Bonchev–Trinajstić information content (AvgIpc) is 3.56. The second-order valence-electron chi connectivity index (χ2n) is 10.4. The number of amides is 3. The molecule has 6 rings (SSSR count). The molecule has 0 bridgehead atoms. The maximum Gasteiger partial charge on any atom is 0.259 e. The van der Waals surface area contributed by atoms with E-state index >= 15 is 0 Å². The maximum atomic E-state index is 13.3. The summed E-state index contributed by atoms with van der Waals surface area (Å²) in [7, 11) is 0. The number of β-amino-alcohol motifs (C(OH)–C–C–N with tert-alkyl or cyclic N) is 1. The molecule has 0 spiro atoms. The molecule has 0 radical (unpaired) electrons. The summed E-state index contributed by atoms with van der Waals surface area (Å²) in [6.07, 6.45) is 6.49. The molecule has 1 saturated heterocycles. The van der Waals surface area contributed by atoms with E-state index in [4.69, 9.17) is 0 Å². The van der Waals surface area contributed by atoms with Gasteiger partial charge in [-0.05, 0) is 50.2 Å². The van der Waals surface area contributed by atoms with Crippen LogP contribution in [0.15, 0.2) is 54.9 Å². The van der Waals surface area contributed by atoms with Crippen molar-refractivity contribution in [2.75, 3.05) is 25.0 Å². The Bertz CT molecular complexity index is 1640. The number of carbonyl (C=O) groups excluding carboxylic acids is 3. The highest BCUT2D eigenvalue weighted by atomic mass is 16.3. The molecule has 200 valence electrons. The van der Waals surface area contributed by atoms with Crippen molar-refractivity contribution in [3.05, 3.63) is 66.0 Å². The van der Waals surface area contributed by atoms with Gasteiger partial charge in [0.15, 0.2) is 0 Å². The number of aromatic amines is 1. The number of H-pyrrole nitrogens is 1. The van der Waals surface area contributed by atoms with Crippen LogP contribution >= 0.6 is 0 Å². The van der Waals surface area contributed by atoms with Gasteiger partial charge in [0.25, 0.3) is 11.8 Å². The highest BCUT2D eigenvalue weighted by Gasteiger charge is 2.35. The molecule has 1 fully saturated rings. The van der Waals surface area contributed by atoms with Crippen molar-refractivity contribution in [3.63, 3.8) is 0 Å². The molecule has 2 aromatic carbocycles. The van der Waals surface area contributed by atoms with Gasteiger partial charge in [-0.1, -0.05) is 24.6 Å². The summed E-state index contributed by atoms with van der Waals surface area (Å²) in [4.78, 5) is 43.7. The molecule has 3 amide bonds. The van der Waals surface area contributed by atoms with E-state index in [1.54, 1.807) is 12.3 Å². The number of anilines is 1. The van der Waals surface area contributed by atoms with Crippen LogP contribution in [0.25, 0.3) is 33.0 Å². The van der Waals surface area contributed by atoms with Crippen LogP contribution < -0.4 is 10.6 Å². The second kappa shape index (κ2) is 10.2. The number of benzene rings is 2. The molecule has 2 aliphatic heterocycles. The Hall–Kier alpha value is -4.21. The predicted molar refractivity (Wildman–Crippen MR) is 151 cm³/mol. The summed E-state index contributed by atoms with van der Waals surface area (Å²) in [6, 6.07) is 13.1. The standard InChI is InChI=1S/C30H31N5O4/c1-18(36)32-19-9-10-26-22(13-19)24(17-35(26)16-20(37)15-34-11-5-2-6-12-34)28-27(29(38)33-30(28)39)23-14-31-25-8-4-3-7-21(23)25/h3-4,7-10,13-14,17,20,31,37H,2,5-6,11-12,15-16H2,1H3,(H,32,36)(H,33,38,39). The van der Waals surface area contributed by atoms with Crippen LogP contribution in [-0.4, -0.2) is 63.0 Å². The van der Waals surface area contributed by atoms with Crippen molar-refractivity contribution in [1.29, 1.82) is 0 Å². The number of rotatable bonds is 7. The summed E-state index contributed by atoms with van der Waals surface area (Å²) in [5.41, 5.74) is 4.05. The van der Waals surface area contributed by atoms with Gasteiger partial charge >= 0.3 is 0 Å². The fraction of sp³-hybridized carbons (Fsp3) is 0.300. The van der Waals surface area contributed by atoms with Crippen molar-refractivity contribution in [3.8, 4) is 0 Å². The topological polar surface area (TPSA) is 119 Å². The fourth-order valence-electron chi connectivity index (χ4n) is 5.90. The number of aliphatic hydroxyl groups excluding tert-OH is 1. The molecule has 2 aromatic heterocycles. The van der Waals surface area contributed by atoms with Gasteiger partial charge in [0.2, 0.25) is 5.91 Å². The number of nitrogens with zero attached hydrogens (tertiary/aromatic N) is 2. The normalized spacial score (nSPS) is 17.3. The van der Waals surface area contributed by atoms with E-state index in [2.05, 4.69) is 20.5 Å². The van der Waals surface area contributed by atoms with Gasteiger partial charge in [-0.2, -0.15) is 0 Å². The highest BCUT2D eigenvalue weighted by molar-refractivity contribution is 6.50. The van der Waals surface area contributed by atoms with Crippen molar-refractivity contribution in [1.82, 2.24) is 19.8 Å². The minimum atomic E-state index is -0.609.